The second-order valence-corrected chi connectivity index (χ2v) is 13.2. The number of nitrogens with zero attached hydrogens (tertiary/aromatic N) is 3. The molecule has 0 spiro atoms. The van der Waals surface area contributed by atoms with Gasteiger partial charge in [0.05, 0.1) is 16.7 Å². The molecule has 3 aromatic carbocycles. The number of ether oxygens (including phenoxy) is 2. The summed E-state index contributed by atoms with van der Waals surface area (Å²) in [6, 6.07) is 16.7. The summed E-state index contributed by atoms with van der Waals surface area (Å²) in [6.45, 7) is 10.8. The summed E-state index contributed by atoms with van der Waals surface area (Å²) < 4.78 is 14.9. The fraction of sp³-hybridized carbons (Fsp3) is 0.324. The van der Waals surface area contributed by atoms with Gasteiger partial charge in [-0.1, -0.05) is 61.0 Å². The van der Waals surface area contributed by atoms with Crippen molar-refractivity contribution in [1.82, 2.24) is 14.8 Å². The van der Waals surface area contributed by atoms with Crippen molar-refractivity contribution >= 4 is 56.8 Å². The number of fused-ring (bicyclic) bond motifs is 1. The number of hydrogen-bond acceptors (Lipinski definition) is 7. The lowest BCUT2D eigenvalue weighted by Gasteiger charge is -2.29. The van der Waals surface area contributed by atoms with Crippen LogP contribution in [0.5, 0.6) is 11.5 Å². The highest BCUT2D eigenvalue weighted by atomic mass is 79.9. The van der Waals surface area contributed by atoms with E-state index in [1.807, 2.05) is 82.3 Å². The molecule has 1 amide bonds. The van der Waals surface area contributed by atoms with Crippen LogP contribution >= 0.6 is 39.3 Å². The molecule has 1 aromatic heterocycles. The minimum atomic E-state index is -0.583. The number of rotatable bonds is 12. The molecule has 0 radical (unpaired) electrons. The van der Waals surface area contributed by atoms with E-state index in [1.54, 1.807) is 16.4 Å². The summed E-state index contributed by atoms with van der Waals surface area (Å²) >= 11 is 11.4. The Kier molecular flexibility index (Phi) is 10.8. The standard InChI is InChI=1S/C34H37BrClN5O3S/c1-6-8-16-45-34-39-33-37-22(5)29(32(42)38-27-11-9-10-20(3)21(27)4)30(41(33)40-34)24-17-26(35)31(28(18-24)43-7-2)44-19-23-12-14-25(36)15-13-23/h9-15,17-18,30H,6-8,16,19H2,1-5H3,(H,38,42)(H,37,39,40). The van der Waals surface area contributed by atoms with E-state index in [-0.39, 0.29) is 5.91 Å². The molecule has 0 saturated heterocycles. The number of benzene rings is 3. The van der Waals surface area contributed by atoms with Crippen LogP contribution in [-0.4, -0.2) is 33.0 Å². The van der Waals surface area contributed by atoms with Gasteiger partial charge in [-0.3, -0.25) is 4.79 Å². The molecule has 1 unspecified atom stereocenters. The molecule has 1 aliphatic rings. The number of halogens is 2. The Morgan fingerprint density at radius 2 is 1.89 bits per heavy atom. The van der Waals surface area contributed by atoms with Crippen LogP contribution in [0.2, 0.25) is 5.02 Å². The number of thioether (sulfide) groups is 1. The summed E-state index contributed by atoms with van der Waals surface area (Å²) in [4.78, 5) is 18.9. The number of aromatic nitrogens is 3. The van der Waals surface area contributed by atoms with Crippen molar-refractivity contribution in [2.75, 3.05) is 23.0 Å². The summed E-state index contributed by atoms with van der Waals surface area (Å²) in [6.07, 6.45) is 2.15. The van der Waals surface area contributed by atoms with Gasteiger partial charge in [0.2, 0.25) is 11.1 Å². The number of nitrogens with one attached hydrogen (secondary N) is 2. The van der Waals surface area contributed by atoms with Crippen LogP contribution in [0, 0.1) is 13.8 Å². The lowest BCUT2D eigenvalue weighted by Crippen LogP contribution is -2.31. The van der Waals surface area contributed by atoms with Crippen molar-refractivity contribution in [3.63, 3.8) is 0 Å². The third kappa shape index (κ3) is 7.51. The monoisotopic (exact) mass is 709 g/mol. The van der Waals surface area contributed by atoms with Gasteiger partial charge in [-0.05, 0) is 103 Å². The molecule has 8 nitrogen and oxygen atoms in total. The van der Waals surface area contributed by atoms with E-state index in [2.05, 4.69) is 33.5 Å². The molecule has 2 heterocycles. The summed E-state index contributed by atoms with van der Waals surface area (Å²) in [5.74, 6) is 2.40. The summed E-state index contributed by atoms with van der Waals surface area (Å²) in [5, 5.41) is 12.7. The Hall–Kier alpha value is -3.47. The first-order chi connectivity index (χ1) is 21.7. The molecule has 0 bridgehead atoms. The molecule has 0 aliphatic carbocycles. The normalized spacial score (nSPS) is 14.2. The van der Waals surface area contributed by atoms with Crippen LogP contribution in [0.3, 0.4) is 0 Å². The third-order valence-electron chi connectivity index (χ3n) is 7.60. The van der Waals surface area contributed by atoms with E-state index in [1.165, 1.54) is 0 Å². The first-order valence-corrected chi connectivity index (χ1v) is 17.1. The molecule has 236 valence electrons. The van der Waals surface area contributed by atoms with Gasteiger partial charge in [0.15, 0.2) is 11.5 Å². The van der Waals surface area contributed by atoms with Crippen LogP contribution in [0.4, 0.5) is 11.6 Å². The minimum absolute atomic E-state index is 0.225. The van der Waals surface area contributed by atoms with E-state index in [9.17, 15) is 4.79 Å². The van der Waals surface area contributed by atoms with Gasteiger partial charge in [0.1, 0.15) is 12.6 Å². The van der Waals surface area contributed by atoms with Gasteiger partial charge < -0.3 is 20.1 Å². The molecular formula is C34H37BrClN5O3S. The van der Waals surface area contributed by atoms with E-state index in [0.717, 1.165) is 46.5 Å². The van der Waals surface area contributed by atoms with E-state index in [4.69, 9.17) is 31.2 Å². The molecule has 4 aromatic rings. The summed E-state index contributed by atoms with van der Waals surface area (Å²) in [7, 11) is 0. The van der Waals surface area contributed by atoms with E-state index in [0.29, 0.717) is 56.6 Å². The van der Waals surface area contributed by atoms with Crippen molar-refractivity contribution in [3.8, 4) is 11.5 Å². The zero-order valence-electron chi connectivity index (χ0n) is 26.0. The summed E-state index contributed by atoms with van der Waals surface area (Å²) in [5.41, 5.74) is 5.88. The quantitative estimate of drug-likeness (QED) is 0.112. The highest BCUT2D eigenvalue weighted by Crippen LogP contribution is 2.44. The van der Waals surface area contributed by atoms with E-state index < -0.39 is 6.04 Å². The Balaban J connectivity index is 1.56. The molecule has 45 heavy (non-hydrogen) atoms. The first kappa shape index (κ1) is 32.9. The van der Waals surface area contributed by atoms with Gasteiger partial charge >= 0.3 is 0 Å². The predicted molar refractivity (Wildman–Crippen MR) is 186 cm³/mol. The molecule has 11 heteroatoms. The van der Waals surface area contributed by atoms with Gasteiger partial charge in [-0.15, -0.1) is 5.10 Å². The average Bonchev–Trinajstić information content (AvgIpc) is 3.41. The van der Waals surface area contributed by atoms with Gasteiger partial charge in [0.25, 0.3) is 5.91 Å². The topological polar surface area (TPSA) is 90.3 Å². The zero-order chi connectivity index (χ0) is 32.1. The van der Waals surface area contributed by atoms with Crippen molar-refractivity contribution < 1.29 is 14.3 Å². The third-order valence-corrected chi connectivity index (χ3v) is 9.37. The lowest BCUT2D eigenvalue weighted by atomic mass is 9.94. The Labute approximate surface area is 282 Å². The second-order valence-electron chi connectivity index (χ2n) is 10.8. The predicted octanol–water partition coefficient (Wildman–Crippen LogP) is 9.11. The van der Waals surface area contributed by atoms with Crippen LogP contribution in [0.1, 0.15) is 61.9 Å². The number of carbonyl (C=O) groups excluding carboxylic acids is 1. The highest BCUT2D eigenvalue weighted by molar-refractivity contribution is 9.10. The van der Waals surface area contributed by atoms with Crippen molar-refractivity contribution in [2.24, 2.45) is 0 Å². The molecular weight excluding hydrogens is 674 g/mol. The number of carbonyl (C=O) groups is 1. The molecule has 0 saturated carbocycles. The molecule has 2 N–H and O–H groups in total. The number of hydrogen-bond donors (Lipinski definition) is 2. The smallest absolute Gasteiger partial charge is 0.255 e. The first-order valence-electron chi connectivity index (χ1n) is 15.0. The lowest BCUT2D eigenvalue weighted by molar-refractivity contribution is -0.113. The minimum Gasteiger partial charge on any atom is -0.490 e. The highest BCUT2D eigenvalue weighted by Gasteiger charge is 2.35. The largest absolute Gasteiger partial charge is 0.490 e. The maximum Gasteiger partial charge on any atom is 0.255 e. The number of amides is 1. The second kappa shape index (κ2) is 14.7. The molecule has 0 fully saturated rings. The van der Waals surface area contributed by atoms with Gasteiger partial charge in [-0.2, -0.15) is 4.98 Å². The number of anilines is 2. The zero-order valence-corrected chi connectivity index (χ0v) is 29.2. The van der Waals surface area contributed by atoms with Crippen molar-refractivity contribution in [2.45, 2.75) is 65.3 Å². The Morgan fingerprint density at radius 1 is 1.11 bits per heavy atom. The van der Waals surface area contributed by atoms with Crippen LogP contribution < -0.4 is 20.1 Å². The SMILES string of the molecule is CCCCSc1nc2n(n1)C(c1cc(Br)c(OCc3ccc(Cl)cc3)c(OCC)c1)C(C(=O)Nc1cccc(C)c1C)=C(C)N2. The fourth-order valence-electron chi connectivity index (χ4n) is 5.06. The van der Waals surface area contributed by atoms with Crippen LogP contribution in [-0.2, 0) is 11.4 Å². The number of unbranched alkanes of at least 4 members (excludes halogenated alkanes) is 1. The molecule has 1 aliphatic heterocycles. The van der Waals surface area contributed by atoms with Crippen LogP contribution in [0.25, 0.3) is 0 Å². The maximum atomic E-state index is 14.1. The maximum absolute atomic E-state index is 14.1. The molecule has 5 rings (SSSR count). The Bertz CT molecular complexity index is 1720. The van der Waals surface area contributed by atoms with Crippen molar-refractivity contribution in [3.05, 3.63) is 97.6 Å². The van der Waals surface area contributed by atoms with Crippen molar-refractivity contribution in [1.29, 1.82) is 0 Å². The van der Waals surface area contributed by atoms with E-state index >= 15 is 0 Å². The molecule has 1 atom stereocenters. The average molecular weight is 711 g/mol. The van der Waals surface area contributed by atoms with Gasteiger partial charge in [-0.25, -0.2) is 4.68 Å². The van der Waals surface area contributed by atoms with Crippen LogP contribution in [0.15, 0.2) is 75.5 Å². The Morgan fingerprint density at radius 3 is 2.62 bits per heavy atom. The number of aryl methyl sites for hydroxylation is 1. The fourth-order valence-corrected chi connectivity index (χ4v) is 6.68. The van der Waals surface area contributed by atoms with Gasteiger partial charge in [0, 0.05) is 22.2 Å². The number of allylic oxidation sites excluding steroid dienone is 1.